The van der Waals surface area contributed by atoms with Gasteiger partial charge in [0.05, 0.1) is 11.3 Å². The van der Waals surface area contributed by atoms with Crippen molar-refractivity contribution in [2.75, 3.05) is 0 Å². The standard InChI is InChI=1S/C19H18FN3/c1-12-17-14(6-4-7-15(17)20)18(22-19(12,2)3)13-10-21-16-8-5-9-23(16)11-13/h4-12H,1-3H3. The number of aliphatic imine (C=N–C) groups is 1. The average molecular weight is 307 g/mol. The van der Waals surface area contributed by atoms with Crippen LogP contribution in [-0.4, -0.2) is 20.6 Å². The van der Waals surface area contributed by atoms with E-state index in [1.165, 1.54) is 6.07 Å². The molecule has 4 heteroatoms. The Morgan fingerprint density at radius 1 is 1.17 bits per heavy atom. The minimum atomic E-state index is -0.365. The van der Waals surface area contributed by atoms with Crippen LogP contribution in [0.4, 0.5) is 4.39 Å². The van der Waals surface area contributed by atoms with Crippen molar-refractivity contribution in [3.63, 3.8) is 0 Å². The zero-order valence-corrected chi connectivity index (χ0v) is 13.4. The molecule has 1 atom stereocenters. The van der Waals surface area contributed by atoms with Crippen LogP contribution in [-0.2, 0) is 0 Å². The second-order valence-corrected chi connectivity index (χ2v) is 6.65. The molecule has 1 aliphatic rings. The molecule has 3 nitrogen and oxygen atoms in total. The summed E-state index contributed by atoms with van der Waals surface area (Å²) in [4.78, 5) is 9.40. The molecule has 23 heavy (non-hydrogen) atoms. The maximum atomic E-state index is 14.5. The minimum Gasteiger partial charge on any atom is -0.308 e. The van der Waals surface area contributed by atoms with Crippen molar-refractivity contribution in [3.05, 3.63) is 71.4 Å². The maximum absolute atomic E-state index is 14.5. The van der Waals surface area contributed by atoms with Gasteiger partial charge in [-0.3, -0.25) is 4.99 Å². The molecule has 3 aromatic rings. The van der Waals surface area contributed by atoms with E-state index in [0.717, 1.165) is 28.0 Å². The van der Waals surface area contributed by atoms with Crippen LogP contribution in [0.5, 0.6) is 0 Å². The summed E-state index contributed by atoms with van der Waals surface area (Å²) in [6.45, 7) is 6.14. The fraction of sp³-hybridized carbons (Fsp3) is 0.263. The Morgan fingerprint density at radius 2 is 2.00 bits per heavy atom. The third kappa shape index (κ3) is 2.09. The fourth-order valence-electron chi connectivity index (χ4n) is 3.25. The predicted molar refractivity (Wildman–Crippen MR) is 89.7 cm³/mol. The summed E-state index contributed by atoms with van der Waals surface area (Å²) < 4.78 is 16.4. The zero-order chi connectivity index (χ0) is 16.2. The Labute approximate surface area is 134 Å². The van der Waals surface area contributed by atoms with Crippen molar-refractivity contribution < 1.29 is 4.39 Å². The van der Waals surface area contributed by atoms with Gasteiger partial charge < -0.3 is 4.40 Å². The number of fused-ring (bicyclic) bond motifs is 2. The number of hydrogen-bond donors (Lipinski definition) is 0. The number of benzene rings is 1. The Balaban J connectivity index is 1.98. The summed E-state index contributed by atoms with van der Waals surface area (Å²) >= 11 is 0. The largest absolute Gasteiger partial charge is 0.308 e. The predicted octanol–water partition coefficient (Wildman–Crippen LogP) is 4.21. The monoisotopic (exact) mass is 307 g/mol. The van der Waals surface area contributed by atoms with Crippen LogP contribution >= 0.6 is 0 Å². The van der Waals surface area contributed by atoms with Crippen molar-refractivity contribution in [1.82, 2.24) is 9.38 Å². The van der Waals surface area contributed by atoms with Crippen LogP contribution < -0.4 is 0 Å². The van der Waals surface area contributed by atoms with Gasteiger partial charge in [-0.25, -0.2) is 9.37 Å². The maximum Gasteiger partial charge on any atom is 0.136 e. The summed E-state index contributed by atoms with van der Waals surface area (Å²) in [6, 6.07) is 9.13. The van der Waals surface area contributed by atoms with E-state index in [4.69, 9.17) is 4.99 Å². The van der Waals surface area contributed by atoms with Gasteiger partial charge in [-0.15, -0.1) is 0 Å². The molecule has 0 bridgehead atoms. The highest BCUT2D eigenvalue weighted by Crippen LogP contribution is 2.40. The van der Waals surface area contributed by atoms with Gasteiger partial charge in [0.15, 0.2) is 0 Å². The SMILES string of the molecule is CC1c2c(F)cccc2C(c2cnc3cccn3c2)=NC1(C)C. The highest BCUT2D eigenvalue weighted by atomic mass is 19.1. The molecule has 116 valence electrons. The molecule has 0 fully saturated rings. The van der Waals surface area contributed by atoms with Gasteiger partial charge in [0, 0.05) is 41.2 Å². The summed E-state index contributed by atoms with van der Waals surface area (Å²) in [5.41, 5.74) is 3.85. The van der Waals surface area contributed by atoms with Crippen LogP contribution in [0.1, 0.15) is 43.4 Å². The second kappa shape index (κ2) is 4.75. The first-order chi connectivity index (χ1) is 11.0. The molecule has 1 aromatic carbocycles. The van der Waals surface area contributed by atoms with E-state index in [-0.39, 0.29) is 17.3 Å². The molecule has 0 radical (unpaired) electrons. The van der Waals surface area contributed by atoms with Crippen molar-refractivity contribution in [3.8, 4) is 0 Å². The molecule has 0 aliphatic carbocycles. The van der Waals surface area contributed by atoms with Gasteiger partial charge in [-0.1, -0.05) is 19.1 Å². The van der Waals surface area contributed by atoms with Crippen LogP contribution in [0.3, 0.4) is 0 Å². The van der Waals surface area contributed by atoms with E-state index >= 15 is 0 Å². The van der Waals surface area contributed by atoms with E-state index < -0.39 is 0 Å². The van der Waals surface area contributed by atoms with Gasteiger partial charge in [-0.05, 0) is 32.0 Å². The number of hydrogen-bond acceptors (Lipinski definition) is 2. The van der Waals surface area contributed by atoms with Crippen molar-refractivity contribution in [1.29, 1.82) is 0 Å². The van der Waals surface area contributed by atoms with Gasteiger partial charge in [0.2, 0.25) is 0 Å². The highest BCUT2D eigenvalue weighted by molar-refractivity contribution is 6.14. The quantitative estimate of drug-likeness (QED) is 0.662. The summed E-state index contributed by atoms with van der Waals surface area (Å²) in [6.07, 6.45) is 5.77. The molecule has 0 amide bonds. The van der Waals surface area contributed by atoms with E-state index in [0.29, 0.717) is 0 Å². The highest BCUT2D eigenvalue weighted by Gasteiger charge is 2.36. The Kier molecular flexibility index (Phi) is 2.92. The number of rotatable bonds is 1. The average Bonchev–Trinajstić information content (AvgIpc) is 2.98. The third-order valence-electron chi connectivity index (χ3n) is 4.84. The Morgan fingerprint density at radius 3 is 2.83 bits per heavy atom. The topological polar surface area (TPSA) is 29.7 Å². The summed E-state index contributed by atoms with van der Waals surface area (Å²) in [7, 11) is 0. The Bertz CT molecular complexity index is 937. The lowest BCUT2D eigenvalue weighted by Crippen LogP contribution is -2.33. The lowest BCUT2D eigenvalue weighted by atomic mass is 9.77. The van der Waals surface area contributed by atoms with Gasteiger partial charge in [-0.2, -0.15) is 0 Å². The Hall–Kier alpha value is -2.49. The number of aromatic nitrogens is 2. The van der Waals surface area contributed by atoms with Gasteiger partial charge in [0.25, 0.3) is 0 Å². The molecule has 0 N–H and O–H groups in total. The summed E-state index contributed by atoms with van der Waals surface area (Å²) in [5, 5.41) is 0. The van der Waals surface area contributed by atoms with Crippen molar-refractivity contribution in [2.24, 2.45) is 4.99 Å². The van der Waals surface area contributed by atoms with E-state index in [9.17, 15) is 4.39 Å². The van der Waals surface area contributed by atoms with E-state index in [1.54, 1.807) is 6.07 Å². The molecule has 0 spiro atoms. The van der Waals surface area contributed by atoms with Crippen LogP contribution in [0.25, 0.3) is 5.65 Å². The lowest BCUT2D eigenvalue weighted by molar-refractivity contribution is 0.417. The number of halogens is 1. The van der Waals surface area contributed by atoms with Gasteiger partial charge >= 0.3 is 0 Å². The van der Waals surface area contributed by atoms with Crippen LogP contribution in [0.15, 0.2) is 53.9 Å². The third-order valence-corrected chi connectivity index (χ3v) is 4.84. The van der Waals surface area contributed by atoms with Gasteiger partial charge in [0.1, 0.15) is 11.5 Å². The first-order valence-corrected chi connectivity index (χ1v) is 7.79. The first-order valence-electron chi connectivity index (χ1n) is 7.79. The fourth-order valence-corrected chi connectivity index (χ4v) is 3.25. The molecule has 1 unspecified atom stereocenters. The second-order valence-electron chi connectivity index (χ2n) is 6.65. The molecule has 0 saturated carbocycles. The smallest absolute Gasteiger partial charge is 0.136 e. The molecule has 3 heterocycles. The molecular weight excluding hydrogens is 289 g/mol. The molecule has 4 rings (SSSR count). The van der Waals surface area contributed by atoms with E-state index in [1.807, 2.05) is 48.1 Å². The molecule has 2 aromatic heterocycles. The van der Waals surface area contributed by atoms with Crippen molar-refractivity contribution in [2.45, 2.75) is 32.2 Å². The van der Waals surface area contributed by atoms with Crippen LogP contribution in [0, 0.1) is 5.82 Å². The first kappa shape index (κ1) is 14.1. The lowest BCUT2D eigenvalue weighted by Gasteiger charge is -2.35. The van der Waals surface area contributed by atoms with E-state index in [2.05, 4.69) is 18.8 Å². The molecular formula is C19H18FN3. The zero-order valence-electron chi connectivity index (χ0n) is 13.4. The van der Waals surface area contributed by atoms with Crippen molar-refractivity contribution >= 4 is 11.4 Å². The molecule has 1 aliphatic heterocycles. The summed E-state index contributed by atoms with van der Waals surface area (Å²) in [5.74, 6) is -0.142. The number of nitrogens with zero attached hydrogens (tertiary/aromatic N) is 3. The molecule has 0 saturated heterocycles. The minimum absolute atomic E-state index is 0.0192. The normalized spacial score (nSPS) is 19.5. The van der Waals surface area contributed by atoms with Crippen LogP contribution in [0.2, 0.25) is 0 Å².